The summed E-state index contributed by atoms with van der Waals surface area (Å²) in [6, 6.07) is 0. The third kappa shape index (κ3) is 2.46. The summed E-state index contributed by atoms with van der Waals surface area (Å²) in [5, 5.41) is 9.22. The highest BCUT2D eigenvalue weighted by molar-refractivity contribution is 7.32. The van der Waals surface area contributed by atoms with Crippen molar-refractivity contribution >= 4 is 25.2 Å². The Morgan fingerprint density at radius 3 is 3.00 bits per heavy atom. The zero-order valence-corrected chi connectivity index (χ0v) is 13.3. The van der Waals surface area contributed by atoms with Gasteiger partial charge in [-0.05, 0) is 0 Å². The number of ether oxygens (including phenoxy) is 1. The molecular weight excluding hydrogens is 360 g/mol. The Labute approximate surface area is 138 Å². The number of alkyl halides is 1. The lowest BCUT2D eigenvalue weighted by Crippen LogP contribution is -2.30. The third-order valence-corrected chi connectivity index (χ3v) is 4.44. The molecule has 5 atom stereocenters. The number of imidazole rings is 2. The van der Waals surface area contributed by atoms with Gasteiger partial charge in [0.25, 0.3) is 5.56 Å². The van der Waals surface area contributed by atoms with Crippen molar-refractivity contribution in [3.05, 3.63) is 29.1 Å². The molecule has 11 nitrogen and oxygen atoms in total. The van der Waals surface area contributed by atoms with Crippen LogP contribution in [0.5, 0.6) is 0 Å². The van der Waals surface area contributed by atoms with Gasteiger partial charge in [0, 0.05) is 17.0 Å². The molecule has 4 heterocycles. The average molecular weight is 372 g/mol. The van der Waals surface area contributed by atoms with Crippen LogP contribution in [0.2, 0.25) is 0 Å². The molecule has 1 aliphatic heterocycles. The van der Waals surface area contributed by atoms with E-state index in [-0.39, 0.29) is 16.9 Å². The summed E-state index contributed by atoms with van der Waals surface area (Å²) >= 11 is 0. The van der Waals surface area contributed by atoms with Gasteiger partial charge in [-0.2, -0.15) is 0 Å². The molecule has 13 heteroatoms. The number of hydrogen-bond acceptors (Lipinski definition) is 7. The van der Waals surface area contributed by atoms with E-state index >= 15 is 0 Å². The van der Waals surface area contributed by atoms with Crippen LogP contribution in [0.3, 0.4) is 0 Å². The minimum atomic E-state index is -3.11. The van der Waals surface area contributed by atoms with Crippen molar-refractivity contribution in [2.75, 3.05) is 6.61 Å². The van der Waals surface area contributed by atoms with Crippen LogP contribution in [-0.2, 0) is 13.8 Å². The maximum atomic E-state index is 14.4. The first-order valence-corrected chi connectivity index (χ1v) is 8.29. The fourth-order valence-electron chi connectivity index (χ4n) is 2.90. The number of H-pyrrole nitrogens is 1. The topological polar surface area (TPSA) is 144 Å². The molecule has 0 radical (unpaired) electrons. The van der Waals surface area contributed by atoms with E-state index in [1.54, 1.807) is 0 Å². The fraction of sp³-hybridized carbons (Fsp3) is 0.417. The van der Waals surface area contributed by atoms with Gasteiger partial charge < -0.3 is 14.8 Å². The lowest BCUT2D eigenvalue weighted by Gasteiger charge is -2.16. The number of aliphatic hydroxyl groups is 1. The maximum Gasteiger partial charge on any atom is 0.695 e. The Hall–Kier alpha value is -2.24. The summed E-state index contributed by atoms with van der Waals surface area (Å²) in [4.78, 5) is 32.2. The second kappa shape index (κ2) is 5.93. The summed E-state index contributed by atoms with van der Waals surface area (Å²) in [5.74, 6) is 0.235. The highest BCUT2D eigenvalue weighted by Crippen LogP contribution is 2.38. The molecule has 0 bridgehead atoms. The largest absolute Gasteiger partial charge is 0.695 e. The predicted molar refractivity (Wildman–Crippen MR) is 79.7 cm³/mol. The summed E-state index contributed by atoms with van der Waals surface area (Å²) in [5.41, 5.74) is -0.218. The maximum absolute atomic E-state index is 14.4. The predicted octanol–water partition coefficient (Wildman–Crippen LogP) is -0.365. The Kier molecular flexibility index (Phi) is 3.85. The second-order valence-electron chi connectivity index (χ2n) is 5.40. The zero-order valence-electron chi connectivity index (χ0n) is 12.4. The average Bonchev–Trinajstić information content (AvgIpc) is 3.27. The van der Waals surface area contributed by atoms with Crippen LogP contribution in [0, 0.1) is 0 Å². The first-order valence-electron chi connectivity index (χ1n) is 7.16. The van der Waals surface area contributed by atoms with Gasteiger partial charge >= 0.3 is 8.25 Å². The van der Waals surface area contributed by atoms with Crippen molar-refractivity contribution in [2.24, 2.45) is 0 Å². The smallest absolute Gasteiger partial charge is 0.394 e. The monoisotopic (exact) mass is 372 g/mol. The van der Waals surface area contributed by atoms with E-state index in [9.17, 15) is 18.9 Å². The van der Waals surface area contributed by atoms with E-state index in [4.69, 9.17) is 14.2 Å². The molecule has 4 rings (SSSR count). The molecule has 1 fully saturated rings. The van der Waals surface area contributed by atoms with Crippen LogP contribution in [0.1, 0.15) is 6.23 Å². The molecule has 1 aliphatic rings. The Balaban J connectivity index is 1.86. The minimum absolute atomic E-state index is 0.0455. The van der Waals surface area contributed by atoms with E-state index in [2.05, 4.69) is 15.0 Å². The van der Waals surface area contributed by atoms with Crippen LogP contribution in [0.4, 0.5) is 4.39 Å². The highest BCUT2D eigenvalue weighted by Gasteiger charge is 2.51. The van der Waals surface area contributed by atoms with Crippen LogP contribution in [0.25, 0.3) is 16.9 Å². The number of aromatic amines is 1. The molecule has 0 amide bonds. The lowest BCUT2D eigenvalue weighted by molar-refractivity contribution is -0.0458. The van der Waals surface area contributed by atoms with Crippen molar-refractivity contribution in [3.63, 3.8) is 0 Å². The van der Waals surface area contributed by atoms with Crippen LogP contribution in [-0.4, -0.2) is 58.9 Å². The number of nitrogens with zero attached hydrogens (tertiary/aromatic N) is 4. The van der Waals surface area contributed by atoms with Gasteiger partial charge in [0.1, 0.15) is 11.8 Å². The number of hydrogen-bond donors (Lipinski definition) is 3. The summed E-state index contributed by atoms with van der Waals surface area (Å²) in [7, 11) is -3.11. The molecule has 1 unspecified atom stereocenters. The molecule has 0 aromatic carbocycles. The minimum Gasteiger partial charge on any atom is -0.394 e. The van der Waals surface area contributed by atoms with Gasteiger partial charge in [-0.1, -0.05) is 0 Å². The number of nitrogens with one attached hydrogen (secondary N) is 1. The van der Waals surface area contributed by atoms with E-state index < -0.39 is 45.0 Å². The van der Waals surface area contributed by atoms with Crippen molar-refractivity contribution in [3.8, 4) is 0 Å². The summed E-state index contributed by atoms with van der Waals surface area (Å²) in [6.45, 7) is -0.645. The van der Waals surface area contributed by atoms with Gasteiger partial charge in [-0.15, -0.1) is 9.42 Å². The quantitative estimate of drug-likeness (QED) is 0.527. The van der Waals surface area contributed by atoms with Gasteiger partial charge in [0.05, 0.1) is 12.9 Å². The molecular formula is C12H12FN5O6P+. The van der Waals surface area contributed by atoms with E-state index in [0.29, 0.717) is 0 Å². The van der Waals surface area contributed by atoms with Crippen molar-refractivity contribution in [1.29, 1.82) is 0 Å². The molecule has 3 aromatic rings. The standard InChI is InChI=1S/C12H11FN5O6P/c13-6-5(3-19)23-11(8(6)24-25(21)22)18-4-15-7-9(18)16-12-14-1-2-17(12)10(7)20/h1-2,4-6,8,11,19H,3H2,(H-,14,16,20,21,22)/p+1/t5-,6-,8-,11-/m1/s1. The van der Waals surface area contributed by atoms with Gasteiger partial charge in [-0.25, -0.2) is 18.8 Å². The zero-order chi connectivity index (χ0) is 17.7. The first kappa shape index (κ1) is 16.2. The number of aromatic nitrogens is 5. The van der Waals surface area contributed by atoms with Gasteiger partial charge in [-0.3, -0.25) is 9.36 Å². The third-order valence-electron chi connectivity index (χ3n) is 4.02. The molecule has 3 aromatic heterocycles. The molecule has 0 aliphatic carbocycles. The van der Waals surface area contributed by atoms with Crippen molar-refractivity contribution < 1.29 is 28.2 Å². The first-order chi connectivity index (χ1) is 12.0. The molecule has 0 saturated carbocycles. The summed E-state index contributed by atoms with van der Waals surface area (Å²) in [6.07, 6.45) is -1.67. The molecule has 3 N–H and O–H groups in total. The molecule has 0 spiro atoms. The Morgan fingerprint density at radius 1 is 1.48 bits per heavy atom. The van der Waals surface area contributed by atoms with Gasteiger partial charge in [0.15, 0.2) is 24.0 Å². The fourth-order valence-corrected chi connectivity index (χ4v) is 3.33. The number of rotatable bonds is 4. The van der Waals surface area contributed by atoms with E-state index in [0.717, 1.165) is 0 Å². The number of aliphatic hydroxyl groups excluding tert-OH is 1. The second-order valence-corrected chi connectivity index (χ2v) is 6.09. The lowest BCUT2D eigenvalue weighted by atomic mass is 10.1. The number of halogens is 1. The summed E-state index contributed by atoms with van der Waals surface area (Å²) < 4.78 is 38.0. The molecule has 1 saturated heterocycles. The van der Waals surface area contributed by atoms with Crippen LogP contribution in [0.15, 0.2) is 23.5 Å². The number of fused-ring (bicyclic) bond motifs is 2. The molecule has 25 heavy (non-hydrogen) atoms. The van der Waals surface area contributed by atoms with Crippen molar-refractivity contribution in [1.82, 2.24) is 23.9 Å². The molecule has 132 valence electrons. The van der Waals surface area contributed by atoms with Crippen molar-refractivity contribution in [2.45, 2.75) is 24.6 Å². The highest BCUT2D eigenvalue weighted by atomic mass is 31.1. The van der Waals surface area contributed by atoms with Gasteiger partial charge in [0.2, 0.25) is 5.78 Å². The Bertz CT molecular complexity index is 1020. The van der Waals surface area contributed by atoms with Crippen LogP contribution < -0.4 is 5.56 Å². The van der Waals surface area contributed by atoms with E-state index in [1.807, 2.05) is 0 Å². The normalized spacial score (nSPS) is 27.4. The van der Waals surface area contributed by atoms with E-state index in [1.165, 1.54) is 27.7 Å². The van der Waals surface area contributed by atoms with Crippen LogP contribution >= 0.6 is 8.25 Å². The Morgan fingerprint density at radius 2 is 2.28 bits per heavy atom. The SMILES string of the molecule is O=c1c2ncn([C@@H]3O[C@H](CO)[C@@H](F)[C@H]3O[P+](=O)O)c2[nH]c2nccn12.